The van der Waals surface area contributed by atoms with Gasteiger partial charge in [-0.15, -0.1) is 48.0 Å². The summed E-state index contributed by atoms with van der Waals surface area (Å²) < 4.78 is -0.437. The Morgan fingerprint density at radius 2 is 1.95 bits per heavy atom. The Morgan fingerprint density at radius 3 is 2.63 bits per heavy atom. The molecule has 2 aliphatic rings. The zero-order chi connectivity index (χ0) is 11.9. The van der Waals surface area contributed by atoms with Gasteiger partial charge in [-0.3, -0.25) is 0 Å². The van der Waals surface area contributed by atoms with Gasteiger partial charge >= 0.3 is 0 Å². The lowest BCUT2D eigenvalue weighted by Crippen LogP contribution is -2.34. The van der Waals surface area contributed by atoms with Gasteiger partial charge in [-0.05, 0) is 30.9 Å². The summed E-state index contributed by atoms with van der Waals surface area (Å²) in [4.78, 5) is 2.42. The SMILES string of the molecule is Cl.Cl.ClC1(Cl)CC1CCN1CCNc2ccccc21. The van der Waals surface area contributed by atoms with Crippen molar-refractivity contribution in [2.75, 3.05) is 29.9 Å². The third kappa shape index (κ3) is 3.75. The molecule has 1 N–H and O–H groups in total. The smallest absolute Gasteiger partial charge is 0.121 e. The molecule has 1 unspecified atom stereocenters. The number of para-hydroxylation sites is 2. The molecule has 0 spiro atoms. The molecule has 1 saturated carbocycles. The number of halogens is 4. The standard InChI is InChI=1S/C13H16Cl2N2.2ClH/c14-13(15)9-10(13)5-7-17-8-6-16-11-3-1-2-4-12(11)17;;/h1-4,10,16H,5-9H2;2*1H. The summed E-state index contributed by atoms with van der Waals surface area (Å²) in [6, 6.07) is 8.46. The number of hydrogen-bond acceptors (Lipinski definition) is 2. The highest BCUT2D eigenvalue weighted by atomic mass is 35.5. The monoisotopic (exact) mass is 342 g/mol. The summed E-state index contributed by atoms with van der Waals surface area (Å²) in [7, 11) is 0. The van der Waals surface area contributed by atoms with Crippen LogP contribution in [0.2, 0.25) is 0 Å². The second kappa shape index (κ2) is 6.62. The van der Waals surface area contributed by atoms with Crippen LogP contribution in [0.25, 0.3) is 0 Å². The molecular weight excluding hydrogens is 326 g/mol. The predicted octanol–water partition coefficient (Wildman–Crippen LogP) is 4.35. The molecule has 19 heavy (non-hydrogen) atoms. The van der Waals surface area contributed by atoms with Crippen LogP contribution in [0.15, 0.2) is 24.3 Å². The van der Waals surface area contributed by atoms with E-state index in [1.54, 1.807) is 0 Å². The first kappa shape index (κ1) is 17.0. The lowest BCUT2D eigenvalue weighted by atomic mass is 10.1. The van der Waals surface area contributed by atoms with E-state index >= 15 is 0 Å². The normalized spacial score (nSPS) is 22.4. The van der Waals surface area contributed by atoms with Crippen molar-refractivity contribution in [2.45, 2.75) is 17.2 Å². The molecule has 1 aromatic rings. The molecule has 0 aromatic heterocycles. The van der Waals surface area contributed by atoms with Crippen LogP contribution in [0.3, 0.4) is 0 Å². The summed E-state index contributed by atoms with van der Waals surface area (Å²) in [6.07, 6.45) is 2.03. The number of fused-ring (bicyclic) bond motifs is 1. The summed E-state index contributed by atoms with van der Waals surface area (Å²) in [5.74, 6) is 0.480. The largest absolute Gasteiger partial charge is 0.382 e. The number of rotatable bonds is 3. The predicted molar refractivity (Wildman–Crippen MR) is 88.8 cm³/mol. The van der Waals surface area contributed by atoms with Gasteiger partial charge in [0, 0.05) is 19.6 Å². The minimum Gasteiger partial charge on any atom is -0.382 e. The molecule has 1 aliphatic carbocycles. The van der Waals surface area contributed by atoms with E-state index in [0.29, 0.717) is 5.92 Å². The van der Waals surface area contributed by atoms with Gasteiger partial charge in [0.25, 0.3) is 0 Å². The fourth-order valence-electron chi connectivity index (χ4n) is 2.47. The van der Waals surface area contributed by atoms with E-state index in [0.717, 1.165) is 32.5 Å². The van der Waals surface area contributed by atoms with Crippen molar-refractivity contribution in [3.05, 3.63) is 24.3 Å². The van der Waals surface area contributed by atoms with E-state index in [1.165, 1.54) is 11.4 Å². The van der Waals surface area contributed by atoms with Gasteiger partial charge in [-0.1, -0.05) is 12.1 Å². The highest BCUT2D eigenvalue weighted by Gasteiger charge is 2.50. The summed E-state index contributed by atoms with van der Waals surface area (Å²) in [5, 5.41) is 3.42. The first-order valence-corrected chi connectivity index (χ1v) is 6.88. The Bertz CT molecular complexity index is 425. The molecule has 1 aliphatic heterocycles. The number of nitrogens with one attached hydrogen (secondary N) is 1. The Kier molecular flexibility index (Phi) is 5.94. The molecule has 1 fully saturated rings. The zero-order valence-corrected chi connectivity index (χ0v) is 13.6. The van der Waals surface area contributed by atoms with Gasteiger partial charge in [-0.2, -0.15) is 0 Å². The van der Waals surface area contributed by atoms with Crippen molar-refractivity contribution in [1.29, 1.82) is 0 Å². The lowest BCUT2D eigenvalue weighted by molar-refractivity contribution is 0.670. The first-order valence-electron chi connectivity index (χ1n) is 6.12. The molecule has 6 heteroatoms. The van der Waals surface area contributed by atoms with E-state index in [9.17, 15) is 0 Å². The molecule has 0 saturated heterocycles. The first-order chi connectivity index (χ1) is 8.17. The van der Waals surface area contributed by atoms with Crippen molar-refractivity contribution >= 4 is 59.4 Å². The van der Waals surface area contributed by atoms with Crippen LogP contribution in [0, 0.1) is 5.92 Å². The Morgan fingerprint density at radius 1 is 1.26 bits per heavy atom. The quantitative estimate of drug-likeness (QED) is 0.821. The summed E-state index contributed by atoms with van der Waals surface area (Å²) in [6.45, 7) is 3.11. The van der Waals surface area contributed by atoms with Gasteiger partial charge in [0.15, 0.2) is 0 Å². The summed E-state index contributed by atoms with van der Waals surface area (Å²) in [5.41, 5.74) is 2.53. The molecule has 1 aromatic carbocycles. The van der Waals surface area contributed by atoms with E-state index in [4.69, 9.17) is 23.2 Å². The second-order valence-corrected chi connectivity index (χ2v) is 6.42. The fourth-order valence-corrected chi connectivity index (χ4v) is 3.06. The van der Waals surface area contributed by atoms with E-state index in [2.05, 4.69) is 34.5 Å². The molecule has 1 heterocycles. The van der Waals surface area contributed by atoms with Crippen LogP contribution in [0.5, 0.6) is 0 Å². The number of anilines is 2. The van der Waals surface area contributed by atoms with Crippen LogP contribution < -0.4 is 10.2 Å². The van der Waals surface area contributed by atoms with Crippen molar-refractivity contribution < 1.29 is 0 Å². The maximum Gasteiger partial charge on any atom is 0.121 e. The van der Waals surface area contributed by atoms with Gasteiger partial charge in [0.05, 0.1) is 11.4 Å². The third-order valence-corrected chi connectivity index (χ3v) is 4.57. The minimum atomic E-state index is -0.437. The molecule has 0 amide bonds. The second-order valence-electron chi connectivity index (χ2n) is 4.88. The maximum absolute atomic E-state index is 6.06. The van der Waals surface area contributed by atoms with Gasteiger partial charge < -0.3 is 10.2 Å². The summed E-state index contributed by atoms with van der Waals surface area (Å²) >= 11 is 12.1. The number of alkyl halides is 2. The van der Waals surface area contributed by atoms with Crippen LogP contribution in [0.4, 0.5) is 11.4 Å². The van der Waals surface area contributed by atoms with Crippen molar-refractivity contribution in [1.82, 2.24) is 0 Å². The Labute approximate surface area is 136 Å². The van der Waals surface area contributed by atoms with Gasteiger partial charge in [0.1, 0.15) is 4.33 Å². The molecule has 0 radical (unpaired) electrons. The molecule has 3 rings (SSSR count). The van der Waals surface area contributed by atoms with Crippen molar-refractivity contribution in [3.63, 3.8) is 0 Å². The van der Waals surface area contributed by atoms with E-state index < -0.39 is 4.33 Å². The highest BCUT2D eigenvalue weighted by molar-refractivity contribution is 6.50. The van der Waals surface area contributed by atoms with Crippen LogP contribution in [-0.2, 0) is 0 Å². The Balaban J connectivity index is 0.000000902. The van der Waals surface area contributed by atoms with Crippen LogP contribution in [-0.4, -0.2) is 24.0 Å². The van der Waals surface area contributed by atoms with Crippen molar-refractivity contribution in [2.24, 2.45) is 5.92 Å². The maximum atomic E-state index is 6.06. The number of nitrogens with zero attached hydrogens (tertiary/aromatic N) is 1. The Hall–Kier alpha value is -0.0200. The molecule has 0 bridgehead atoms. The minimum absolute atomic E-state index is 0. The van der Waals surface area contributed by atoms with E-state index in [-0.39, 0.29) is 24.8 Å². The topological polar surface area (TPSA) is 15.3 Å². The third-order valence-electron chi connectivity index (χ3n) is 3.65. The van der Waals surface area contributed by atoms with Crippen LogP contribution >= 0.6 is 48.0 Å². The zero-order valence-electron chi connectivity index (χ0n) is 10.4. The highest BCUT2D eigenvalue weighted by Crippen LogP contribution is 2.55. The average molecular weight is 344 g/mol. The van der Waals surface area contributed by atoms with Crippen LogP contribution in [0.1, 0.15) is 12.8 Å². The number of hydrogen-bond donors (Lipinski definition) is 1. The van der Waals surface area contributed by atoms with E-state index in [1.807, 2.05) is 0 Å². The van der Waals surface area contributed by atoms with Gasteiger partial charge in [-0.25, -0.2) is 0 Å². The molecule has 2 nitrogen and oxygen atoms in total. The van der Waals surface area contributed by atoms with Gasteiger partial charge in [0.2, 0.25) is 0 Å². The number of benzene rings is 1. The lowest BCUT2D eigenvalue weighted by Gasteiger charge is -2.32. The molecule has 108 valence electrons. The average Bonchev–Trinajstić information content (AvgIpc) is 2.94. The van der Waals surface area contributed by atoms with Crippen molar-refractivity contribution in [3.8, 4) is 0 Å². The fraction of sp³-hybridized carbons (Fsp3) is 0.538. The molecule has 1 atom stereocenters. The molecular formula is C13H18Cl4N2.